The van der Waals surface area contributed by atoms with Gasteiger partial charge in [-0.1, -0.05) is 17.7 Å². The molecule has 3 heteroatoms. The van der Waals surface area contributed by atoms with E-state index in [2.05, 4.69) is 17.0 Å². The van der Waals surface area contributed by atoms with E-state index in [1.165, 1.54) is 5.39 Å². The molecule has 17 heavy (non-hydrogen) atoms. The third kappa shape index (κ3) is 1.87. The highest BCUT2D eigenvalue weighted by atomic mass is 35.5. The summed E-state index contributed by atoms with van der Waals surface area (Å²) in [6.45, 7) is 0. The van der Waals surface area contributed by atoms with E-state index < -0.39 is 0 Å². The molecule has 0 spiro atoms. The molecule has 0 aliphatic heterocycles. The number of hydrogen-bond donors (Lipinski definition) is 1. The zero-order valence-electron chi connectivity index (χ0n) is 9.10. The van der Waals surface area contributed by atoms with Crippen LogP contribution in [-0.2, 0) is 0 Å². The average molecular weight is 243 g/mol. The first-order valence-corrected chi connectivity index (χ1v) is 5.73. The van der Waals surface area contributed by atoms with Crippen molar-refractivity contribution < 1.29 is 0 Å². The molecular formula is C14H11ClN2. The fraction of sp³-hybridized carbons (Fsp3) is 0. The van der Waals surface area contributed by atoms with Crippen molar-refractivity contribution in [1.29, 1.82) is 0 Å². The molecule has 0 saturated carbocycles. The van der Waals surface area contributed by atoms with Crippen molar-refractivity contribution in [2.45, 2.75) is 0 Å². The third-order valence-electron chi connectivity index (χ3n) is 2.79. The Labute approximate surface area is 104 Å². The van der Waals surface area contributed by atoms with Crippen molar-refractivity contribution in [3.8, 4) is 5.69 Å². The van der Waals surface area contributed by atoms with E-state index in [9.17, 15) is 0 Å². The molecule has 2 nitrogen and oxygen atoms in total. The summed E-state index contributed by atoms with van der Waals surface area (Å²) in [7, 11) is 0. The highest BCUT2D eigenvalue weighted by molar-refractivity contribution is 6.30. The number of hydrogen-bond acceptors (Lipinski definition) is 1. The van der Waals surface area contributed by atoms with Crippen molar-refractivity contribution in [3.05, 3.63) is 59.9 Å². The molecule has 3 aromatic rings. The van der Waals surface area contributed by atoms with Crippen LogP contribution in [0.2, 0.25) is 5.02 Å². The van der Waals surface area contributed by atoms with Crippen molar-refractivity contribution >= 4 is 28.1 Å². The lowest BCUT2D eigenvalue weighted by Gasteiger charge is -2.01. The van der Waals surface area contributed by atoms with Gasteiger partial charge in [0.05, 0.1) is 0 Å². The van der Waals surface area contributed by atoms with E-state index in [1.54, 1.807) is 0 Å². The summed E-state index contributed by atoms with van der Waals surface area (Å²) in [5.74, 6) is 0. The molecule has 0 saturated heterocycles. The first-order valence-electron chi connectivity index (χ1n) is 5.35. The van der Waals surface area contributed by atoms with E-state index in [1.807, 2.05) is 42.5 Å². The van der Waals surface area contributed by atoms with Gasteiger partial charge in [-0.3, -0.25) is 0 Å². The fourth-order valence-corrected chi connectivity index (χ4v) is 2.05. The molecule has 0 unspecified atom stereocenters. The third-order valence-corrected chi connectivity index (χ3v) is 3.04. The summed E-state index contributed by atoms with van der Waals surface area (Å²) >= 11 is 5.87. The van der Waals surface area contributed by atoms with Gasteiger partial charge >= 0.3 is 0 Å². The Bertz CT molecular complexity index is 668. The van der Waals surface area contributed by atoms with Crippen molar-refractivity contribution in [2.75, 3.05) is 5.73 Å². The zero-order valence-corrected chi connectivity index (χ0v) is 9.85. The Hall–Kier alpha value is -1.93. The summed E-state index contributed by atoms with van der Waals surface area (Å²) in [6.07, 6.45) is 4.15. The normalized spacial score (nSPS) is 10.9. The van der Waals surface area contributed by atoms with E-state index in [0.717, 1.165) is 21.8 Å². The van der Waals surface area contributed by atoms with Gasteiger partial charge in [0.2, 0.25) is 0 Å². The van der Waals surface area contributed by atoms with E-state index in [0.29, 0.717) is 0 Å². The molecule has 0 atom stereocenters. The number of halogens is 1. The summed E-state index contributed by atoms with van der Waals surface area (Å²) < 4.78 is 2.07. The van der Waals surface area contributed by atoms with Gasteiger partial charge in [0.1, 0.15) is 0 Å². The lowest BCUT2D eigenvalue weighted by molar-refractivity contribution is 1.09. The summed E-state index contributed by atoms with van der Waals surface area (Å²) in [5.41, 5.74) is 7.64. The van der Waals surface area contributed by atoms with Crippen LogP contribution in [0.5, 0.6) is 0 Å². The number of fused-ring (bicyclic) bond motifs is 1. The van der Waals surface area contributed by atoms with Gasteiger partial charge in [0, 0.05) is 34.2 Å². The molecule has 2 aromatic carbocycles. The minimum absolute atomic E-state index is 0.745. The van der Waals surface area contributed by atoms with Crippen molar-refractivity contribution in [2.24, 2.45) is 0 Å². The molecule has 0 amide bonds. The maximum atomic E-state index is 5.87. The molecule has 0 fully saturated rings. The van der Waals surface area contributed by atoms with Crippen LogP contribution in [0.4, 0.5) is 5.69 Å². The second-order valence-electron chi connectivity index (χ2n) is 4.03. The maximum absolute atomic E-state index is 5.87. The molecule has 1 aromatic heterocycles. The molecule has 1 heterocycles. The van der Waals surface area contributed by atoms with Gasteiger partial charge in [-0.05, 0) is 41.8 Å². The lowest BCUT2D eigenvalue weighted by atomic mass is 10.2. The second kappa shape index (κ2) is 3.82. The molecule has 0 aliphatic rings. The van der Waals surface area contributed by atoms with Crippen molar-refractivity contribution in [3.63, 3.8) is 0 Å². The first kappa shape index (κ1) is 10.2. The largest absolute Gasteiger partial charge is 0.399 e. The van der Waals surface area contributed by atoms with Crippen LogP contribution in [-0.4, -0.2) is 4.57 Å². The number of aromatic nitrogens is 1. The molecule has 0 bridgehead atoms. The predicted molar refractivity (Wildman–Crippen MR) is 72.7 cm³/mol. The summed E-state index contributed by atoms with van der Waals surface area (Å²) in [6, 6.07) is 13.7. The van der Waals surface area contributed by atoms with Crippen LogP contribution in [0.1, 0.15) is 0 Å². The number of nitrogens with zero attached hydrogens (tertiary/aromatic N) is 1. The van der Waals surface area contributed by atoms with Crippen LogP contribution >= 0.6 is 11.6 Å². The Morgan fingerprint density at radius 2 is 1.59 bits per heavy atom. The van der Waals surface area contributed by atoms with Crippen molar-refractivity contribution in [1.82, 2.24) is 4.57 Å². The average Bonchev–Trinajstić information content (AvgIpc) is 2.72. The van der Waals surface area contributed by atoms with Gasteiger partial charge in [-0.2, -0.15) is 0 Å². The summed E-state index contributed by atoms with van der Waals surface area (Å²) in [5, 5.41) is 3.06. The number of anilines is 1. The SMILES string of the molecule is Nc1ccc2cn(-c3ccc(Cl)cc3)cc2c1. The van der Waals surface area contributed by atoms with Crippen LogP contribution in [0.25, 0.3) is 16.5 Å². The minimum Gasteiger partial charge on any atom is -0.399 e. The van der Waals surface area contributed by atoms with Gasteiger partial charge < -0.3 is 10.3 Å². The van der Waals surface area contributed by atoms with Crippen LogP contribution in [0.3, 0.4) is 0 Å². The Kier molecular flexibility index (Phi) is 2.30. The molecule has 3 rings (SSSR count). The van der Waals surface area contributed by atoms with Gasteiger partial charge in [-0.25, -0.2) is 0 Å². The van der Waals surface area contributed by atoms with E-state index in [4.69, 9.17) is 17.3 Å². The number of benzene rings is 2. The van der Waals surface area contributed by atoms with Gasteiger partial charge in [0.15, 0.2) is 0 Å². The fourth-order valence-electron chi connectivity index (χ4n) is 1.92. The highest BCUT2D eigenvalue weighted by Gasteiger charge is 2.01. The topological polar surface area (TPSA) is 30.9 Å². The Morgan fingerprint density at radius 3 is 2.35 bits per heavy atom. The maximum Gasteiger partial charge on any atom is 0.0450 e. The molecular weight excluding hydrogens is 232 g/mol. The quantitative estimate of drug-likeness (QED) is 0.646. The number of nitrogens with two attached hydrogens (primary N) is 1. The van der Waals surface area contributed by atoms with Gasteiger partial charge in [0.25, 0.3) is 0 Å². The lowest BCUT2D eigenvalue weighted by Crippen LogP contribution is -1.87. The summed E-state index contributed by atoms with van der Waals surface area (Å²) in [4.78, 5) is 0. The first-order chi connectivity index (χ1) is 8.22. The minimum atomic E-state index is 0.745. The zero-order chi connectivity index (χ0) is 11.8. The Balaban J connectivity index is 2.14. The van der Waals surface area contributed by atoms with Crippen LogP contribution in [0.15, 0.2) is 54.9 Å². The number of nitrogen functional groups attached to an aromatic ring is 1. The van der Waals surface area contributed by atoms with E-state index >= 15 is 0 Å². The molecule has 84 valence electrons. The van der Waals surface area contributed by atoms with Gasteiger partial charge in [-0.15, -0.1) is 0 Å². The Morgan fingerprint density at radius 1 is 0.882 bits per heavy atom. The monoisotopic (exact) mass is 242 g/mol. The highest BCUT2D eigenvalue weighted by Crippen LogP contribution is 2.22. The molecule has 0 radical (unpaired) electrons. The number of rotatable bonds is 1. The van der Waals surface area contributed by atoms with Crippen LogP contribution < -0.4 is 5.73 Å². The smallest absolute Gasteiger partial charge is 0.0450 e. The molecule has 2 N–H and O–H groups in total. The second-order valence-corrected chi connectivity index (χ2v) is 4.47. The molecule has 0 aliphatic carbocycles. The van der Waals surface area contributed by atoms with E-state index in [-0.39, 0.29) is 0 Å². The standard InChI is InChI=1S/C14H11ClN2/c15-12-2-5-14(6-3-12)17-8-10-1-4-13(16)7-11(10)9-17/h1-9H,16H2. The predicted octanol–water partition coefficient (Wildman–Crippen LogP) is 3.87. The van der Waals surface area contributed by atoms with Crippen LogP contribution in [0, 0.1) is 0 Å².